The van der Waals surface area contributed by atoms with Gasteiger partial charge in [0.1, 0.15) is 0 Å². The number of hydrogen-bond acceptors (Lipinski definition) is 3. The molecule has 0 bridgehead atoms. The van der Waals surface area contributed by atoms with Crippen molar-refractivity contribution in [2.24, 2.45) is 5.92 Å². The Hall–Kier alpha value is -2.18. The molecule has 0 heterocycles. The molecule has 0 aliphatic heterocycles. The molecular formula is C22H28N2O3S. The molecule has 1 amide bonds. The summed E-state index contributed by atoms with van der Waals surface area (Å²) in [6, 6.07) is 12.8. The number of benzene rings is 2. The fourth-order valence-corrected chi connectivity index (χ4v) is 4.59. The summed E-state index contributed by atoms with van der Waals surface area (Å²) in [5.74, 6) is 0.176. The molecule has 6 heteroatoms. The van der Waals surface area contributed by atoms with Crippen LogP contribution in [0.5, 0.6) is 0 Å². The first-order chi connectivity index (χ1) is 13.3. The summed E-state index contributed by atoms with van der Waals surface area (Å²) < 4.78 is 27.7. The van der Waals surface area contributed by atoms with Gasteiger partial charge in [0.25, 0.3) is 5.91 Å². The maximum absolute atomic E-state index is 12.9. The highest BCUT2D eigenvalue weighted by Crippen LogP contribution is 2.31. The van der Waals surface area contributed by atoms with E-state index in [4.69, 9.17) is 0 Å². The largest absolute Gasteiger partial charge is 0.345 e. The highest BCUT2D eigenvalue weighted by atomic mass is 32.2. The lowest BCUT2D eigenvalue weighted by Crippen LogP contribution is -2.29. The standard InChI is InChI=1S/C22H28N2O3S/c1-15(2)12-13-23-28(26,27)18-10-8-16(3)20(14-18)22(25)24-21-11-9-17-6-4-5-7-19(17)21/h4-8,10,14-15,21,23H,9,11-13H2,1-3H3,(H,24,25). The van der Waals surface area contributed by atoms with Gasteiger partial charge in [-0.15, -0.1) is 0 Å². The van der Waals surface area contributed by atoms with Gasteiger partial charge in [-0.2, -0.15) is 0 Å². The van der Waals surface area contributed by atoms with E-state index in [-0.39, 0.29) is 16.8 Å². The highest BCUT2D eigenvalue weighted by Gasteiger charge is 2.25. The first-order valence-corrected chi connectivity index (χ1v) is 11.2. The van der Waals surface area contributed by atoms with Crippen LogP contribution in [0.3, 0.4) is 0 Å². The van der Waals surface area contributed by atoms with E-state index in [2.05, 4.69) is 16.1 Å². The third-order valence-electron chi connectivity index (χ3n) is 5.22. The first-order valence-electron chi connectivity index (χ1n) is 9.77. The molecule has 2 aromatic rings. The molecule has 150 valence electrons. The van der Waals surface area contributed by atoms with Crippen LogP contribution in [-0.2, 0) is 16.4 Å². The molecule has 28 heavy (non-hydrogen) atoms. The highest BCUT2D eigenvalue weighted by molar-refractivity contribution is 7.89. The van der Waals surface area contributed by atoms with Crippen LogP contribution in [0.4, 0.5) is 0 Å². The van der Waals surface area contributed by atoms with E-state index in [0.29, 0.717) is 18.0 Å². The van der Waals surface area contributed by atoms with Gasteiger partial charge in [-0.05, 0) is 60.9 Å². The van der Waals surface area contributed by atoms with Gasteiger partial charge in [-0.3, -0.25) is 4.79 Å². The molecule has 0 fully saturated rings. The summed E-state index contributed by atoms with van der Waals surface area (Å²) in [7, 11) is -3.63. The smallest absolute Gasteiger partial charge is 0.252 e. The summed E-state index contributed by atoms with van der Waals surface area (Å²) in [4.78, 5) is 13.0. The Balaban J connectivity index is 1.77. The summed E-state index contributed by atoms with van der Waals surface area (Å²) in [6.45, 7) is 6.29. The van der Waals surface area contributed by atoms with Gasteiger partial charge < -0.3 is 5.32 Å². The number of amides is 1. The minimum Gasteiger partial charge on any atom is -0.345 e. The monoisotopic (exact) mass is 400 g/mol. The molecule has 0 radical (unpaired) electrons. The lowest BCUT2D eigenvalue weighted by molar-refractivity contribution is 0.0936. The van der Waals surface area contributed by atoms with E-state index in [1.807, 2.05) is 39.0 Å². The lowest BCUT2D eigenvalue weighted by Gasteiger charge is -2.16. The van der Waals surface area contributed by atoms with Gasteiger partial charge in [0.05, 0.1) is 10.9 Å². The SMILES string of the molecule is Cc1ccc(S(=O)(=O)NCCC(C)C)cc1C(=O)NC1CCc2ccccc21. The molecule has 0 saturated heterocycles. The van der Waals surface area contributed by atoms with Gasteiger partial charge in [-0.1, -0.05) is 44.2 Å². The number of rotatable bonds is 7. The van der Waals surface area contributed by atoms with E-state index in [1.54, 1.807) is 12.1 Å². The van der Waals surface area contributed by atoms with Crippen molar-refractivity contribution in [3.05, 3.63) is 64.7 Å². The molecule has 0 aromatic heterocycles. The average Bonchev–Trinajstić information content (AvgIpc) is 3.04. The Kier molecular flexibility index (Phi) is 6.20. The van der Waals surface area contributed by atoms with Crippen LogP contribution in [0.15, 0.2) is 47.4 Å². The maximum Gasteiger partial charge on any atom is 0.252 e. The zero-order chi connectivity index (χ0) is 20.3. The molecule has 1 aliphatic carbocycles. The van der Waals surface area contributed by atoms with Gasteiger partial charge in [0.2, 0.25) is 10.0 Å². The zero-order valence-corrected chi connectivity index (χ0v) is 17.5. The summed E-state index contributed by atoms with van der Waals surface area (Å²) >= 11 is 0. The minimum atomic E-state index is -3.63. The van der Waals surface area contributed by atoms with Crippen LogP contribution in [0.2, 0.25) is 0 Å². The molecule has 0 saturated carbocycles. The second kappa shape index (κ2) is 8.45. The van der Waals surface area contributed by atoms with Crippen LogP contribution >= 0.6 is 0 Å². The predicted molar refractivity (Wildman–Crippen MR) is 111 cm³/mol. The molecule has 3 rings (SSSR count). The summed E-state index contributed by atoms with van der Waals surface area (Å²) in [6.07, 6.45) is 2.56. The van der Waals surface area contributed by atoms with Crippen LogP contribution in [0.1, 0.15) is 59.8 Å². The topological polar surface area (TPSA) is 75.3 Å². The summed E-state index contributed by atoms with van der Waals surface area (Å²) in [5.41, 5.74) is 3.56. The Bertz CT molecular complexity index is 967. The molecule has 5 nitrogen and oxygen atoms in total. The van der Waals surface area contributed by atoms with E-state index >= 15 is 0 Å². The van der Waals surface area contributed by atoms with Crippen molar-refractivity contribution in [1.82, 2.24) is 10.0 Å². The molecule has 2 N–H and O–H groups in total. The number of hydrogen-bond donors (Lipinski definition) is 2. The number of carbonyl (C=O) groups excluding carboxylic acids is 1. The van der Waals surface area contributed by atoms with Crippen molar-refractivity contribution in [1.29, 1.82) is 0 Å². The number of fused-ring (bicyclic) bond motifs is 1. The Morgan fingerprint density at radius 1 is 1.18 bits per heavy atom. The van der Waals surface area contributed by atoms with Gasteiger partial charge >= 0.3 is 0 Å². The van der Waals surface area contributed by atoms with E-state index < -0.39 is 10.0 Å². The third kappa shape index (κ3) is 4.62. The number of carbonyl (C=O) groups is 1. The Morgan fingerprint density at radius 3 is 2.68 bits per heavy atom. The van der Waals surface area contributed by atoms with Gasteiger partial charge in [0.15, 0.2) is 0 Å². The average molecular weight is 401 g/mol. The van der Waals surface area contributed by atoms with Crippen molar-refractivity contribution < 1.29 is 13.2 Å². The molecule has 0 spiro atoms. The van der Waals surface area contributed by atoms with Crippen molar-refractivity contribution >= 4 is 15.9 Å². The van der Waals surface area contributed by atoms with E-state index in [9.17, 15) is 13.2 Å². The van der Waals surface area contributed by atoms with Gasteiger partial charge in [0, 0.05) is 12.1 Å². The first kappa shape index (κ1) is 20.6. The number of sulfonamides is 1. The molecule has 1 atom stereocenters. The molecule has 2 aromatic carbocycles. The third-order valence-corrected chi connectivity index (χ3v) is 6.67. The van der Waals surface area contributed by atoms with Crippen LogP contribution in [0, 0.1) is 12.8 Å². The second-order valence-electron chi connectivity index (χ2n) is 7.82. The Morgan fingerprint density at radius 2 is 1.93 bits per heavy atom. The zero-order valence-electron chi connectivity index (χ0n) is 16.7. The van der Waals surface area contributed by atoms with Crippen LogP contribution in [0.25, 0.3) is 0 Å². The molecular weight excluding hydrogens is 372 g/mol. The van der Waals surface area contributed by atoms with E-state index in [1.165, 1.54) is 11.6 Å². The number of aryl methyl sites for hydroxylation is 2. The maximum atomic E-state index is 12.9. The molecule has 1 unspecified atom stereocenters. The minimum absolute atomic E-state index is 0.0347. The van der Waals surface area contributed by atoms with Crippen molar-refractivity contribution in [2.75, 3.05) is 6.54 Å². The van der Waals surface area contributed by atoms with Crippen molar-refractivity contribution in [3.63, 3.8) is 0 Å². The lowest BCUT2D eigenvalue weighted by atomic mass is 10.1. The van der Waals surface area contributed by atoms with Crippen molar-refractivity contribution in [3.8, 4) is 0 Å². The van der Waals surface area contributed by atoms with Crippen LogP contribution in [-0.4, -0.2) is 20.9 Å². The fraction of sp³-hybridized carbons (Fsp3) is 0.409. The number of nitrogens with one attached hydrogen (secondary N) is 2. The van der Waals surface area contributed by atoms with Crippen molar-refractivity contribution in [2.45, 2.75) is 51.0 Å². The van der Waals surface area contributed by atoms with Gasteiger partial charge in [-0.25, -0.2) is 13.1 Å². The second-order valence-corrected chi connectivity index (χ2v) is 9.59. The predicted octanol–water partition coefficient (Wildman–Crippen LogP) is 3.74. The normalized spacial score (nSPS) is 16.2. The quantitative estimate of drug-likeness (QED) is 0.743. The Labute approximate surface area is 167 Å². The summed E-state index contributed by atoms with van der Waals surface area (Å²) in [5, 5.41) is 3.07. The van der Waals surface area contributed by atoms with Crippen LogP contribution < -0.4 is 10.0 Å². The fourth-order valence-electron chi connectivity index (χ4n) is 3.52. The van der Waals surface area contributed by atoms with E-state index in [0.717, 1.165) is 30.4 Å². The molecule has 1 aliphatic rings.